The molecule has 30 heavy (non-hydrogen) atoms. The molecular formula is C22H27N5O3. The van der Waals surface area contributed by atoms with Crippen molar-refractivity contribution in [2.24, 2.45) is 0 Å². The topological polar surface area (TPSA) is 89.3 Å². The van der Waals surface area contributed by atoms with Gasteiger partial charge in [-0.15, -0.1) is 0 Å². The normalized spacial score (nSPS) is 25.6. The fraction of sp³-hybridized carbons (Fsp3) is 0.545. The lowest BCUT2D eigenvalue weighted by atomic mass is 9.92. The number of carbonyl (C=O) groups excluding carboxylic acids is 2. The van der Waals surface area contributed by atoms with Gasteiger partial charge in [0.05, 0.1) is 17.9 Å². The molecule has 3 aliphatic rings. The van der Waals surface area contributed by atoms with Gasteiger partial charge >= 0.3 is 0 Å². The van der Waals surface area contributed by atoms with Crippen molar-refractivity contribution < 1.29 is 14.3 Å². The van der Waals surface area contributed by atoms with Gasteiger partial charge in [0.1, 0.15) is 17.6 Å². The van der Waals surface area contributed by atoms with Crippen LogP contribution in [0, 0.1) is 0 Å². The average molecular weight is 409 g/mol. The van der Waals surface area contributed by atoms with Crippen molar-refractivity contribution in [2.75, 3.05) is 11.9 Å². The third-order valence-electron chi connectivity index (χ3n) is 6.69. The molecule has 0 bridgehead atoms. The van der Waals surface area contributed by atoms with Crippen LogP contribution in [-0.4, -0.2) is 39.7 Å². The minimum Gasteiger partial charge on any atom is -0.366 e. The largest absolute Gasteiger partial charge is 0.366 e. The Balaban J connectivity index is 1.34. The van der Waals surface area contributed by atoms with Gasteiger partial charge in [-0.05, 0) is 44.2 Å². The van der Waals surface area contributed by atoms with Crippen molar-refractivity contribution in [3.63, 3.8) is 0 Å². The van der Waals surface area contributed by atoms with E-state index in [1.54, 1.807) is 24.2 Å². The molecule has 8 nitrogen and oxygen atoms in total. The van der Waals surface area contributed by atoms with Crippen molar-refractivity contribution in [3.8, 4) is 0 Å². The lowest BCUT2D eigenvalue weighted by Crippen LogP contribution is -2.47. The van der Waals surface area contributed by atoms with Gasteiger partial charge in [-0.1, -0.05) is 6.92 Å². The molecule has 8 heteroatoms. The zero-order valence-electron chi connectivity index (χ0n) is 17.6. The summed E-state index contributed by atoms with van der Waals surface area (Å²) in [5, 5.41) is 7.57. The monoisotopic (exact) mass is 409 g/mol. The number of fused-ring (bicyclic) bond motifs is 2. The highest BCUT2D eigenvalue weighted by Gasteiger charge is 2.36. The Morgan fingerprint density at radius 3 is 2.87 bits per heavy atom. The number of ether oxygens (including phenoxy) is 1. The van der Waals surface area contributed by atoms with Crippen LogP contribution in [0.15, 0.2) is 18.3 Å². The fourth-order valence-electron chi connectivity index (χ4n) is 4.35. The third-order valence-corrected chi connectivity index (χ3v) is 6.69. The number of pyridine rings is 1. The van der Waals surface area contributed by atoms with Gasteiger partial charge in [0.25, 0.3) is 11.8 Å². The van der Waals surface area contributed by atoms with Gasteiger partial charge in [0.15, 0.2) is 0 Å². The van der Waals surface area contributed by atoms with E-state index in [-0.39, 0.29) is 11.8 Å². The number of aryl methyl sites for hydroxylation is 1. The van der Waals surface area contributed by atoms with Crippen LogP contribution in [0.2, 0.25) is 0 Å². The molecule has 1 fully saturated rings. The SMILES string of the molecule is CC[C@@]1(C)OCc2cnc(C(=O)N[C@H]3CCn4nc(C5CC5)cc4N(C)C3=O)cc21. The highest BCUT2D eigenvalue weighted by Crippen LogP contribution is 2.41. The van der Waals surface area contributed by atoms with Gasteiger partial charge in [-0.25, -0.2) is 4.68 Å². The Morgan fingerprint density at radius 2 is 2.13 bits per heavy atom. The number of amides is 2. The zero-order valence-corrected chi connectivity index (χ0v) is 17.6. The minimum absolute atomic E-state index is 0.132. The number of aromatic nitrogens is 3. The van der Waals surface area contributed by atoms with Crippen LogP contribution in [0.3, 0.4) is 0 Å². The quantitative estimate of drug-likeness (QED) is 0.838. The number of rotatable bonds is 4. The first-order chi connectivity index (χ1) is 14.4. The molecule has 0 radical (unpaired) electrons. The highest BCUT2D eigenvalue weighted by atomic mass is 16.5. The van der Waals surface area contributed by atoms with Crippen LogP contribution in [0.25, 0.3) is 0 Å². The maximum atomic E-state index is 13.0. The highest BCUT2D eigenvalue weighted by molar-refractivity contribution is 6.01. The molecule has 2 amide bonds. The molecule has 1 saturated carbocycles. The van der Waals surface area contributed by atoms with Crippen molar-refractivity contribution in [1.29, 1.82) is 0 Å². The molecule has 4 heterocycles. The predicted octanol–water partition coefficient (Wildman–Crippen LogP) is 2.48. The summed E-state index contributed by atoms with van der Waals surface area (Å²) >= 11 is 0. The summed E-state index contributed by atoms with van der Waals surface area (Å²) in [6.07, 6.45) is 5.35. The number of nitrogens with zero attached hydrogens (tertiary/aromatic N) is 4. The van der Waals surface area contributed by atoms with E-state index in [4.69, 9.17) is 4.74 Å². The van der Waals surface area contributed by atoms with Crippen LogP contribution >= 0.6 is 0 Å². The number of nitrogens with one attached hydrogen (secondary N) is 1. The predicted molar refractivity (Wildman–Crippen MR) is 110 cm³/mol. The summed E-state index contributed by atoms with van der Waals surface area (Å²) in [5.74, 6) is 0.859. The van der Waals surface area contributed by atoms with E-state index in [0.29, 0.717) is 31.2 Å². The summed E-state index contributed by atoms with van der Waals surface area (Å²) in [7, 11) is 1.74. The molecule has 158 valence electrons. The first-order valence-corrected chi connectivity index (χ1v) is 10.7. The standard InChI is InChI=1S/C22H27N5O3/c1-4-22(2)15-9-18(23-11-14(15)12-30-22)20(28)24-16-7-8-27-19(26(3)21(16)29)10-17(25-27)13-5-6-13/h9-11,13,16H,4-8,12H2,1-3H3,(H,24,28)/t16-,22+/m0/s1. The summed E-state index contributed by atoms with van der Waals surface area (Å²) in [5.41, 5.74) is 2.99. The van der Waals surface area contributed by atoms with E-state index in [2.05, 4.69) is 22.3 Å². The van der Waals surface area contributed by atoms with Crippen LogP contribution in [0.5, 0.6) is 0 Å². The fourth-order valence-corrected chi connectivity index (χ4v) is 4.35. The van der Waals surface area contributed by atoms with E-state index in [1.807, 2.05) is 17.7 Å². The van der Waals surface area contributed by atoms with Crippen molar-refractivity contribution in [1.82, 2.24) is 20.1 Å². The average Bonchev–Trinajstić information content (AvgIpc) is 3.45. The molecule has 2 aliphatic heterocycles. The van der Waals surface area contributed by atoms with Gasteiger partial charge in [0, 0.05) is 37.3 Å². The first-order valence-electron chi connectivity index (χ1n) is 10.7. The third kappa shape index (κ3) is 3.10. The van der Waals surface area contributed by atoms with E-state index in [0.717, 1.165) is 29.1 Å². The molecule has 1 aliphatic carbocycles. The molecule has 2 aromatic rings. The lowest BCUT2D eigenvalue weighted by molar-refractivity contribution is -0.120. The summed E-state index contributed by atoms with van der Waals surface area (Å²) in [6, 6.07) is 3.20. The number of hydrogen-bond acceptors (Lipinski definition) is 5. The summed E-state index contributed by atoms with van der Waals surface area (Å²) in [4.78, 5) is 31.9. The molecular weight excluding hydrogens is 382 g/mol. The summed E-state index contributed by atoms with van der Waals surface area (Å²) in [6.45, 7) is 5.19. The number of carbonyl (C=O) groups is 2. The molecule has 5 rings (SSSR count). The number of anilines is 1. The van der Waals surface area contributed by atoms with Gasteiger partial charge in [-0.3, -0.25) is 19.5 Å². The Hall–Kier alpha value is -2.74. The van der Waals surface area contributed by atoms with Gasteiger partial charge in [0.2, 0.25) is 0 Å². The molecule has 2 aromatic heterocycles. The van der Waals surface area contributed by atoms with E-state index >= 15 is 0 Å². The van der Waals surface area contributed by atoms with E-state index < -0.39 is 11.6 Å². The van der Waals surface area contributed by atoms with Crippen molar-refractivity contribution in [3.05, 3.63) is 40.8 Å². The van der Waals surface area contributed by atoms with Crippen LogP contribution in [-0.2, 0) is 28.3 Å². The Kier molecular flexibility index (Phi) is 4.43. The zero-order chi connectivity index (χ0) is 21.0. The maximum Gasteiger partial charge on any atom is 0.270 e. The first kappa shape index (κ1) is 19.2. The van der Waals surface area contributed by atoms with Crippen molar-refractivity contribution in [2.45, 2.75) is 70.2 Å². The Morgan fingerprint density at radius 1 is 1.33 bits per heavy atom. The molecule has 0 spiro atoms. The lowest BCUT2D eigenvalue weighted by Gasteiger charge is -2.23. The van der Waals surface area contributed by atoms with E-state index in [1.165, 1.54) is 12.8 Å². The summed E-state index contributed by atoms with van der Waals surface area (Å²) < 4.78 is 7.79. The molecule has 0 saturated heterocycles. The molecule has 0 unspecified atom stereocenters. The maximum absolute atomic E-state index is 13.0. The number of likely N-dealkylation sites (N-methyl/N-ethyl adjacent to an activating group) is 1. The van der Waals surface area contributed by atoms with E-state index in [9.17, 15) is 9.59 Å². The van der Waals surface area contributed by atoms with Gasteiger partial charge in [-0.2, -0.15) is 5.10 Å². The molecule has 1 N–H and O–H groups in total. The molecule has 0 aromatic carbocycles. The second kappa shape index (κ2) is 6.91. The van der Waals surface area contributed by atoms with Crippen molar-refractivity contribution >= 4 is 17.6 Å². The van der Waals surface area contributed by atoms with Gasteiger partial charge < -0.3 is 10.1 Å². The Bertz CT molecular complexity index is 1030. The number of hydrogen-bond donors (Lipinski definition) is 1. The second-order valence-corrected chi connectivity index (χ2v) is 8.74. The second-order valence-electron chi connectivity index (χ2n) is 8.74. The van der Waals surface area contributed by atoms with Crippen LogP contribution in [0.4, 0.5) is 5.82 Å². The molecule has 2 atom stereocenters. The smallest absolute Gasteiger partial charge is 0.270 e. The minimum atomic E-state index is -0.613. The van der Waals surface area contributed by atoms with Crippen LogP contribution < -0.4 is 10.2 Å². The Labute approximate surface area is 175 Å². The van der Waals surface area contributed by atoms with Crippen LogP contribution in [0.1, 0.15) is 72.8 Å².